The number of halogens is 2. The van der Waals surface area contributed by atoms with Crippen LogP contribution in [0.1, 0.15) is 43.6 Å². The average Bonchev–Trinajstić information content (AvgIpc) is 3.22. The van der Waals surface area contributed by atoms with Crippen LogP contribution in [-0.4, -0.2) is 27.5 Å². The van der Waals surface area contributed by atoms with Crippen LogP contribution in [0.4, 0.5) is 4.39 Å². The van der Waals surface area contributed by atoms with Gasteiger partial charge in [-0.2, -0.15) is 0 Å². The smallest absolute Gasteiger partial charge is 0.167 e. The van der Waals surface area contributed by atoms with Crippen molar-refractivity contribution >= 4 is 51.5 Å². The summed E-state index contributed by atoms with van der Waals surface area (Å²) < 4.78 is 38.2. The number of fused-ring (bicyclic) bond motifs is 1. The van der Waals surface area contributed by atoms with Gasteiger partial charge in [0.05, 0.1) is 19.8 Å². The zero-order chi connectivity index (χ0) is 27.1. The van der Waals surface area contributed by atoms with Gasteiger partial charge in [-0.15, -0.1) is 4.72 Å². The Hall–Kier alpha value is -2.04. The van der Waals surface area contributed by atoms with Gasteiger partial charge in [-0.05, 0) is 78.1 Å². The van der Waals surface area contributed by atoms with E-state index in [1.807, 2.05) is 70.2 Å². The molecule has 1 N–H and O–H groups in total. The number of nitrogens with zero attached hydrogens (tertiary/aromatic N) is 2. The van der Waals surface area contributed by atoms with E-state index in [1.165, 1.54) is 0 Å². The Kier molecular flexibility index (Phi) is 8.02. The third kappa shape index (κ3) is 6.17. The first-order valence-corrected chi connectivity index (χ1v) is 17.7. The molecule has 4 rings (SSSR count). The van der Waals surface area contributed by atoms with Crippen molar-refractivity contribution in [3.8, 4) is 11.3 Å². The number of hydrogen-bond donors (Lipinski definition) is 1. The first-order chi connectivity index (χ1) is 17.3. The van der Waals surface area contributed by atoms with Crippen LogP contribution in [0.15, 0.2) is 57.7 Å². The quantitative estimate of drug-likeness (QED) is 0.140. The number of benzene rings is 2. The minimum atomic E-state index is -1.97. The summed E-state index contributed by atoms with van der Waals surface area (Å²) in [6.07, 6.45) is 0.219. The summed E-state index contributed by atoms with van der Waals surface area (Å²) in [4.78, 5) is 4.52. The topological polar surface area (TPSA) is 74.0 Å². The summed E-state index contributed by atoms with van der Waals surface area (Å²) in [6, 6.07) is 15.1. The van der Waals surface area contributed by atoms with Crippen LogP contribution in [0, 0.1) is 12.7 Å². The number of hydrogen-bond acceptors (Lipinski definition) is 5. The number of rotatable bonds is 7. The molecule has 0 saturated heterocycles. The molecule has 0 bridgehead atoms. The second kappa shape index (κ2) is 10.6. The molecule has 37 heavy (non-hydrogen) atoms. The molecule has 0 spiro atoms. The highest BCUT2D eigenvalue weighted by atomic mass is 79.9. The van der Waals surface area contributed by atoms with Gasteiger partial charge >= 0.3 is 0 Å². The molecule has 0 aliphatic heterocycles. The van der Waals surface area contributed by atoms with Gasteiger partial charge in [-0.25, -0.2) is 9.37 Å². The maximum Gasteiger partial charge on any atom is 0.167 e. The van der Waals surface area contributed by atoms with E-state index in [-0.39, 0.29) is 12.2 Å². The third-order valence-corrected chi connectivity index (χ3v) is 10.2. The van der Waals surface area contributed by atoms with Crippen molar-refractivity contribution in [2.45, 2.75) is 64.5 Å². The van der Waals surface area contributed by atoms with Crippen LogP contribution < -0.4 is 9.91 Å². The van der Waals surface area contributed by atoms with Crippen molar-refractivity contribution in [2.75, 3.05) is 0 Å². The third-order valence-electron chi connectivity index (χ3n) is 6.22. The van der Waals surface area contributed by atoms with Gasteiger partial charge in [-0.1, -0.05) is 55.1 Å². The fourth-order valence-electron chi connectivity index (χ4n) is 4.20. The van der Waals surface area contributed by atoms with Crippen molar-refractivity contribution < 1.29 is 13.5 Å². The first-order valence-electron chi connectivity index (χ1n) is 12.2. The van der Waals surface area contributed by atoms with E-state index in [1.54, 1.807) is 6.07 Å². The molecule has 2 aromatic heterocycles. The zero-order valence-electron chi connectivity index (χ0n) is 22.3. The van der Waals surface area contributed by atoms with Crippen LogP contribution in [0.2, 0.25) is 19.6 Å². The number of pyridine rings is 1. The minimum absolute atomic E-state index is 0.219. The second-order valence-electron chi connectivity index (χ2n) is 11.4. The van der Waals surface area contributed by atoms with E-state index in [9.17, 15) is 4.55 Å². The standard InChI is InChI=1S/C28H33BrFN3O2SSi/c1-17-12-13-20-23(14-17)35-32-27(20)19-11-9-8-10-18(19)21(33-36(34)28(2,3)4)15-22-26(30)24(37(5,6)7)16-25(29)31-22/h8-14,16,21,33H,15H2,1-7H3/t21?,36-/m0/s1. The van der Waals surface area contributed by atoms with Gasteiger partial charge in [0.15, 0.2) is 5.58 Å². The maximum atomic E-state index is 15.8. The highest BCUT2D eigenvalue weighted by Gasteiger charge is 2.33. The lowest BCUT2D eigenvalue weighted by molar-refractivity contribution is 0.459. The van der Waals surface area contributed by atoms with Crippen molar-refractivity contribution in [3.05, 3.63) is 75.8 Å². The summed E-state index contributed by atoms with van der Waals surface area (Å²) in [5, 5.41) is 6.00. The Morgan fingerprint density at radius 1 is 1.14 bits per heavy atom. The molecule has 0 amide bonds. The van der Waals surface area contributed by atoms with E-state index >= 15 is 4.39 Å². The van der Waals surface area contributed by atoms with Crippen LogP contribution >= 0.6 is 15.9 Å². The Labute approximate surface area is 230 Å². The highest BCUT2D eigenvalue weighted by Crippen LogP contribution is 2.35. The molecular formula is C28H33BrFN3O2SSi. The van der Waals surface area contributed by atoms with Crippen LogP contribution in [-0.2, 0) is 17.8 Å². The minimum Gasteiger partial charge on any atom is -0.598 e. The van der Waals surface area contributed by atoms with Gasteiger partial charge in [-0.3, -0.25) is 0 Å². The van der Waals surface area contributed by atoms with Crippen LogP contribution in [0.3, 0.4) is 0 Å². The van der Waals surface area contributed by atoms with Crippen molar-refractivity contribution in [1.82, 2.24) is 14.9 Å². The second-order valence-corrected chi connectivity index (χ2v) is 19.2. The molecule has 0 aliphatic carbocycles. The molecule has 5 nitrogen and oxygen atoms in total. The summed E-state index contributed by atoms with van der Waals surface area (Å²) in [5.41, 5.74) is 4.51. The van der Waals surface area contributed by atoms with E-state index in [2.05, 4.69) is 50.4 Å². The molecular weight excluding hydrogens is 569 g/mol. The molecule has 0 fully saturated rings. The molecule has 2 heterocycles. The maximum absolute atomic E-state index is 15.8. The van der Waals surface area contributed by atoms with E-state index in [0.29, 0.717) is 26.8 Å². The molecule has 2 aromatic carbocycles. The molecule has 4 aromatic rings. The Bertz CT molecular complexity index is 1430. The molecule has 0 radical (unpaired) electrons. The summed E-state index contributed by atoms with van der Waals surface area (Å²) >= 11 is 2.08. The van der Waals surface area contributed by atoms with Gasteiger partial charge < -0.3 is 9.08 Å². The van der Waals surface area contributed by atoms with Crippen molar-refractivity contribution in [3.63, 3.8) is 0 Å². The van der Waals surface area contributed by atoms with Gasteiger partial charge in [0.1, 0.15) is 20.9 Å². The summed E-state index contributed by atoms with van der Waals surface area (Å²) in [7, 11) is -1.97. The van der Waals surface area contributed by atoms with E-state index in [0.717, 1.165) is 22.1 Å². The fraction of sp³-hybridized carbons (Fsp3) is 0.357. The first kappa shape index (κ1) is 28.0. The Morgan fingerprint density at radius 2 is 1.84 bits per heavy atom. The summed E-state index contributed by atoms with van der Waals surface area (Å²) in [5.74, 6) is -0.282. The number of nitrogens with one attached hydrogen (secondary N) is 1. The monoisotopic (exact) mass is 601 g/mol. The predicted octanol–water partition coefficient (Wildman–Crippen LogP) is 6.98. The number of aryl methyl sites for hydroxylation is 1. The normalized spacial score (nSPS) is 14.2. The van der Waals surface area contributed by atoms with E-state index in [4.69, 9.17) is 4.52 Å². The molecule has 196 valence electrons. The Balaban J connectivity index is 1.86. The molecule has 2 atom stereocenters. The molecule has 1 unspecified atom stereocenters. The van der Waals surface area contributed by atoms with Gasteiger partial charge in [0.2, 0.25) is 0 Å². The zero-order valence-corrected chi connectivity index (χ0v) is 25.7. The fourth-order valence-corrected chi connectivity index (χ4v) is 7.05. The predicted molar refractivity (Wildman–Crippen MR) is 157 cm³/mol. The van der Waals surface area contributed by atoms with E-state index < -0.39 is 30.2 Å². The van der Waals surface area contributed by atoms with Crippen LogP contribution in [0.25, 0.3) is 22.2 Å². The van der Waals surface area contributed by atoms with Crippen molar-refractivity contribution in [1.29, 1.82) is 0 Å². The summed E-state index contributed by atoms with van der Waals surface area (Å²) in [6.45, 7) is 14.1. The van der Waals surface area contributed by atoms with Gasteiger partial charge in [0.25, 0.3) is 0 Å². The largest absolute Gasteiger partial charge is 0.598 e. The average molecular weight is 603 g/mol. The molecule has 0 saturated carbocycles. The lowest BCUT2D eigenvalue weighted by Gasteiger charge is -2.29. The molecule has 0 aliphatic rings. The SMILES string of the molecule is Cc1ccc2c(-c3ccccc3C(Cc3nc(Br)cc([Si](C)(C)C)c3F)N[S@@+]([O-])C(C)(C)C)noc2c1. The molecule has 9 heteroatoms. The number of aromatic nitrogens is 2. The van der Waals surface area contributed by atoms with Crippen LogP contribution in [0.5, 0.6) is 0 Å². The highest BCUT2D eigenvalue weighted by molar-refractivity contribution is 9.10. The van der Waals surface area contributed by atoms with Gasteiger partial charge in [0, 0.05) is 28.7 Å². The van der Waals surface area contributed by atoms with Crippen molar-refractivity contribution in [2.24, 2.45) is 0 Å². The lowest BCUT2D eigenvalue weighted by Crippen LogP contribution is -2.43. The Morgan fingerprint density at radius 3 is 2.51 bits per heavy atom. The lowest BCUT2D eigenvalue weighted by atomic mass is 9.94.